The summed E-state index contributed by atoms with van der Waals surface area (Å²) in [5.74, 6) is -2.73. The number of aromatic nitrogens is 5. The fraction of sp³-hybridized carbons (Fsp3) is 0.364. The van der Waals surface area contributed by atoms with Crippen LogP contribution in [0.4, 0.5) is 20.8 Å². The highest BCUT2D eigenvalue weighted by Crippen LogP contribution is 2.33. The summed E-state index contributed by atoms with van der Waals surface area (Å²) >= 11 is 8.17. The first kappa shape index (κ1) is 51.9. The number of amides is 3. The molecule has 5 rings (SSSR count). The molecule has 3 amide bonds. The molecule has 3 aromatic heterocycles. The van der Waals surface area contributed by atoms with Crippen molar-refractivity contribution in [3.05, 3.63) is 67.4 Å². The normalized spacial score (nSPS) is 12.3. The van der Waals surface area contributed by atoms with E-state index in [9.17, 15) is 41.3 Å². The van der Waals surface area contributed by atoms with E-state index < -0.39 is 65.2 Å². The topological polar surface area (TPSA) is 325 Å². The first-order chi connectivity index (χ1) is 29.6. The SMILES string of the molecule is COC(=O)CSc1cc(N=c2sc(=O)n3n2CCCC3)c(F)cc1Cl.COc1cc(OC)nc(NC(=O)NS(=O)(=O)c2ncccc2C(=O)N(C)C)n1.O=C(O)CNCP(=O)(O)O. The predicted molar refractivity (Wildman–Crippen MR) is 224 cm³/mol. The van der Waals surface area contributed by atoms with E-state index in [4.69, 9.17) is 36.0 Å². The number of carboxylic acids is 1. The van der Waals surface area contributed by atoms with Gasteiger partial charge in [0.05, 0.1) is 56.6 Å². The lowest BCUT2D eigenvalue weighted by atomic mass is 10.2. The molecule has 0 saturated carbocycles. The first-order valence-corrected chi connectivity index (χ1v) is 23.0. The van der Waals surface area contributed by atoms with E-state index in [1.165, 1.54) is 70.8 Å². The van der Waals surface area contributed by atoms with E-state index in [1.54, 1.807) is 14.1 Å². The van der Waals surface area contributed by atoms with E-state index in [1.807, 2.05) is 0 Å². The largest absolute Gasteiger partial charge is 0.481 e. The van der Waals surface area contributed by atoms with E-state index in [-0.39, 0.29) is 44.6 Å². The van der Waals surface area contributed by atoms with Crippen molar-refractivity contribution in [1.29, 1.82) is 0 Å². The Morgan fingerprint density at radius 2 is 1.70 bits per heavy atom. The Morgan fingerprint density at radius 1 is 1.06 bits per heavy atom. The Morgan fingerprint density at radius 3 is 2.27 bits per heavy atom. The number of methoxy groups -OCH3 is 3. The smallest absolute Gasteiger partial charge is 0.339 e. The van der Waals surface area contributed by atoms with Crippen molar-refractivity contribution in [2.24, 2.45) is 4.99 Å². The number of carbonyl (C=O) groups is 4. The average molecular weight is 983 g/mol. The number of thioether (sulfide) groups is 1. The van der Waals surface area contributed by atoms with Gasteiger partial charge in [0.2, 0.25) is 22.5 Å². The number of sulfonamides is 1. The van der Waals surface area contributed by atoms with Crippen molar-refractivity contribution >= 4 is 87.8 Å². The molecule has 6 N–H and O–H groups in total. The average Bonchev–Trinajstić information content (AvgIpc) is 3.54. The highest BCUT2D eigenvalue weighted by atomic mass is 35.5. The maximum Gasteiger partial charge on any atom is 0.339 e. The molecule has 0 radical (unpaired) electrons. The number of hydrogen-bond acceptors (Lipinski definition) is 18. The molecule has 63 heavy (non-hydrogen) atoms. The van der Waals surface area contributed by atoms with Crippen LogP contribution in [0.2, 0.25) is 5.02 Å². The molecule has 0 saturated heterocycles. The van der Waals surface area contributed by atoms with Gasteiger partial charge in [-0.3, -0.25) is 39.1 Å². The fourth-order valence-electron chi connectivity index (χ4n) is 4.71. The third-order valence-electron chi connectivity index (χ3n) is 7.49. The number of pyridine rings is 1. The minimum absolute atomic E-state index is 0.0605. The number of urea groups is 1. The number of nitrogens with zero attached hydrogens (tertiary/aromatic N) is 7. The van der Waals surface area contributed by atoms with Crippen LogP contribution in [0, 0.1) is 5.82 Å². The number of carboxylic acid groups (broad SMARTS) is 1. The van der Waals surface area contributed by atoms with Gasteiger partial charge in [-0.15, -0.1) is 11.8 Å². The van der Waals surface area contributed by atoms with E-state index in [0.29, 0.717) is 22.8 Å². The van der Waals surface area contributed by atoms with Crippen LogP contribution in [-0.2, 0) is 42.0 Å². The summed E-state index contributed by atoms with van der Waals surface area (Å²) < 4.78 is 69.0. The second-order valence-electron chi connectivity index (χ2n) is 12.3. The number of rotatable bonds is 14. The molecule has 24 nitrogen and oxygen atoms in total. The molecular formula is C33H41ClFN10O14PS3. The van der Waals surface area contributed by atoms with Gasteiger partial charge in [-0.05, 0) is 48.4 Å². The lowest BCUT2D eigenvalue weighted by Gasteiger charge is -2.15. The van der Waals surface area contributed by atoms with Crippen LogP contribution in [0.1, 0.15) is 23.2 Å². The van der Waals surface area contributed by atoms with Crippen LogP contribution in [0.5, 0.6) is 11.8 Å². The van der Waals surface area contributed by atoms with Crippen molar-refractivity contribution in [2.45, 2.75) is 35.9 Å². The number of aliphatic carboxylic acids is 1. The Balaban J connectivity index is 0.000000278. The highest BCUT2D eigenvalue weighted by molar-refractivity contribution is 8.00. The fourth-order valence-corrected chi connectivity index (χ4v) is 8.14. The van der Waals surface area contributed by atoms with Gasteiger partial charge >= 0.3 is 30.4 Å². The Hall–Kier alpha value is -5.48. The minimum atomic E-state index is -4.46. The number of halogens is 2. The second kappa shape index (κ2) is 23.8. The molecule has 4 aromatic rings. The van der Waals surface area contributed by atoms with Gasteiger partial charge in [-0.2, -0.15) is 18.4 Å². The van der Waals surface area contributed by atoms with Gasteiger partial charge in [-0.25, -0.2) is 28.6 Å². The molecule has 0 bridgehead atoms. The van der Waals surface area contributed by atoms with Gasteiger partial charge < -0.3 is 34.0 Å². The second-order valence-corrected chi connectivity index (χ2v) is 17.9. The standard InChI is InChI=1S/C15H15ClFN3O3S2.C15H18N6O6S.C3H8NO5P/c1-23-13(21)8-24-12-7-11(10(17)6-9(12)16)18-14-19-4-2-3-5-20(19)15(22)25-14;1-21(2)13(22)9-6-5-7-16-12(9)28(24,25)20-15(23)19-14-17-10(26-3)8-11(18-14)27-4;5-3(6)1-4-2-10(7,8)9/h6-7H,2-5,8H2,1H3;5-8H,1-4H3,(H2,17,18,19,20,23);4H,1-2H2,(H,5,6)(H2,7,8,9). The van der Waals surface area contributed by atoms with Gasteiger partial charge in [0, 0.05) is 38.3 Å². The van der Waals surface area contributed by atoms with Crippen LogP contribution < -0.4 is 34.5 Å². The van der Waals surface area contributed by atoms with Crippen LogP contribution in [0.25, 0.3) is 0 Å². The quantitative estimate of drug-likeness (QED) is 0.0595. The van der Waals surface area contributed by atoms with Crippen LogP contribution in [0.3, 0.4) is 0 Å². The van der Waals surface area contributed by atoms with Gasteiger partial charge in [-0.1, -0.05) is 11.6 Å². The zero-order valence-electron chi connectivity index (χ0n) is 33.8. The summed E-state index contributed by atoms with van der Waals surface area (Å²) in [7, 11) is -1.65. The molecule has 344 valence electrons. The van der Waals surface area contributed by atoms with Crippen molar-refractivity contribution in [1.82, 2.24) is 39.3 Å². The van der Waals surface area contributed by atoms with E-state index in [2.05, 4.69) is 35.3 Å². The number of fused-ring (bicyclic) bond motifs is 1. The molecule has 0 spiro atoms. The van der Waals surface area contributed by atoms with Crippen molar-refractivity contribution in [2.75, 3.05) is 59.3 Å². The van der Waals surface area contributed by atoms with Crippen molar-refractivity contribution in [3.8, 4) is 11.8 Å². The van der Waals surface area contributed by atoms with E-state index >= 15 is 0 Å². The van der Waals surface area contributed by atoms with E-state index in [0.717, 1.165) is 42.0 Å². The summed E-state index contributed by atoms with van der Waals surface area (Å²) in [5, 5.41) is 11.8. The summed E-state index contributed by atoms with van der Waals surface area (Å²) in [5.41, 5.74) is -0.105. The summed E-state index contributed by atoms with van der Waals surface area (Å²) in [6, 6.07) is 5.55. The molecule has 0 aliphatic carbocycles. The maximum absolute atomic E-state index is 14.3. The summed E-state index contributed by atoms with van der Waals surface area (Å²) in [4.78, 5) is 91.6. The molecular weight excluding hydrogens is 942 g/mol. The molecule has 1 aromatic carbocycles. The minimum Gasteiger partial charge on any atom is -0.481 e. The number of hydrogen-bond donors (Lipinski definition) is 6. The molecule has 4 heterocycles. The Kier molecular flexibility index (Phi) is 19.6. The molecule has 30 heteroatoms. The molecule has 0 unspecified atom stereocenters. The lowest BCUT2D eigenvalue weighted by molar-refractivity contribution is -0.137. The van der Waals surface area contributed by atoms with Crippen LogP contribution in [-0.4, -0.2) is 130 Å². The number of esters is 1. The third kappa shape index (κ3) is 16.3. The zero-order chi connectivity index (χ0) is 47.1. The monoisotopic (exact) mass is 982 g/mol. The van der Waals surface area contributed by atoms with Crippen molar-refractivity contribution < 1.29 is 65.7 Å². The Labute approximate surface area is 370 Å². The van der Waals surface area contributed by atoms with Gasteiger partial charge in [0.25, 0.3) is 15.9 Å². The summed E-state index contributed by atoms with van der Waals surface area (Å²) in [6.45, 7) is 0.885. The lowest BCUT2D eigenvalue weighted by Crippen LogP contribution is -2.36. The number of anilines is 1. The molecule has 0 atom stereocenters. The Bertz CT molecular complexity index is 2570. The van der Waals surface area contributed by atoms with Crippen LogP contribution in [0.15, 0.2) is 56.2 Å². The summed E-state index contributed by atoms with van der Waals surface area (Å²) in [6.07, 6.45) is 2.49. The van der Waals surface area contributed by atoms with Crippen LogP contribution >= 0.6 is 42.3 Å². The van der Waals surface area contributed by atoms with Gasteiger partial charge in [0.1, 0.15) is 11.5 Å². The van der Waals surface area contributed by atoms with Crippen molar-refractivity contribution in [3.63, 3.8) is 0 Å². The number of carbonyl (C=O) groups excluding carboxylic acids is 3. The molecule has 1 aliphatic rings. The predicted octanol–water partition coefficient (Wildman–Crippen LogP) is 1.69. The maximum atomic E-state index is 14.3. The number of nitrogens with one attached hydrogen (secondary N) is 3. The molecule has 0 fully saturated rings. The first-order valence-electron chi connectivity index (χ1n) is 17.6. The third-order valence-corrected chi connectivity index (χ3v) is 11.7. The highest BCUT2D eigenvalue weighted by Gasteiger charge is 2.27. The molecule has 1 aliphatic heterocycles. The zero-order valence-corrected chi connectivity index (χ0v) is 37.9. The van der Waals surface area contributed by atoms with Gasteiger partial charge in [0.15, 0.2) is 5.03 Å². The number of benzene rings is 1. The number of ether oxygens (including phenoxy) is 3.